The van der Waals surface area contributed by atoms with Crippen molar-refractivity contribution in [3.05, 3.63) is 28.8 Å². The normalized spacial score (nSPS) is 29.3. The Morgan fingerprint density at radius 2 is 2.00 bits per heavy atom. The molecule has 2 saturated carbocycles. The van der Waals surface area contributed by atoms with E-state index in [2.05, 4.69) is 0 Å². The van der Waals surface area contributed by atoms with Crippen molar-refractivity contribution in [3.63, 3.8) is 0 Å². The number of halogens is 2. The van der Waals surface area contributed by atoms with Crippen LogP contribution in [0, 0.1) is 12.3 Å². The minimum atomic E-state index is 0.244. The molecule has 2 unspecified atom stereocenters. The molecule has 0 aromatic heterocycles. The van der Waals surface area contributed by atoms with Crippen molar-refractivity contribution >= 4 is 23.2 Å². The van der Waals surface area contributed by atoms with E-state index >= 15 is 0 Å². The lowest BCUT2D eigenvalue weighted by molar-refractivity contribution is -0.0359. The third-order valence-corrected chi connectivity index (χ3v) is 5.47. The van der Waals surface area contributed by atoms with E-state index in [9.17, 15) is 0 Å². The first-order valence-electron chi connectivity index (χ1n) is 6.69. The molecule has 1 spiro atoms. The summed E-state index contributed by atoms with van der Waals surface area (Å²) in [5.74, 6) is 0.958. The molecule has 1 nitrogen and oxygen atoms in total. The first-order valence-corrected chi connectivity index (χ1v) is 7.50. The molecule has 2 fully saturated rings. The van der Waals surface area contributed by atoms with Crippen LogP contribution in [-0.4, -0.2) is 11.5 Å². The van der Waals surface area contributed by atoms with Crippen LogP contribution < -0.4 is 4.74 Å². The van der Waals surface area contributed by atoms with Gasteiger partial charge in [-0.15, -0.1) is 11.6 Å². The summed E-state index contributed by atoms with van der Waals surface area (Å²) in [4.78, 5) is 0. The van der Waals surface area contributed by atoms with Crippen LogP contribution >= 0.6 is 23.2 Å². The van der Waals surface area contributed by atoms with E-state index in [0.717, 1.165) is 22.8 Å². The molecule has 2 aliphatic carbocycles. The summed E-state index contributed by atoms with van der Waals surface area (Å²) in [7, 11) is 0. The molecule has 0 N–H and O–H groups in total. The lowest BCUT2D eigenvalue weighted by Crippen LogP contribution is -2.55. The summed E-state index contributed by atoms with van der Waals surface area (Å²) in [5.41, 5.74) is 1.35. The second kappa shape index (κ2) is 4.61. The zero-order chi connectivity index (χ0) is 12.8. The van der Waals surface area contributed by atoms with Gasteiger partial charge in [0.2, 0.25) is 0 Å². The topological polar surface area (TPSA) is 9.23 Å². The van der Waals surface area contributed by atoms with Crippen LogP contribution in [0.15, 0.2) is 18.2 Å². The monoisotopic (exact) mass is 284 g/mol. The molecule has 3 heteroatoms. The fraction of sp³-hybridized carbons (Fsp3) is 0.600. The van der Waals surface area contributed by atoms with Crippen LogP contribution in [0.4, 0.5) is 0 Å². The van der Waals surface area contributed by atoms with Gasteiger partial charge in [0.1, 0.15) is 11.9 Å². The zero-order valence-electron chi connectivity index (χ0n) is 10.6. The highest BCUT2D eigenvalue weighted by Gasteiger charge is 2.57. The van der Waals surface area contributed by atoms with Crippen molar-refractivity contribution in [2.45, 2.75) is 50.5 Å². The first kappa shape index (κ1) is 12.6. The molecule has 0 bridgehead atoms. The van der Waals surface area contributed by atoms with Gasteiger partial charge < -0.3 is 4.74 Å². The van der Waals surface area contributed by atoms with E-state index in [0.29, 0.717) is 11.5 Å². The van der Waals surface area contributed by atoms with E-state index in [1.54, 1.807) is 0 Å². The summed E-state index contributed by atoms with van der Waals surface area (Å²) in [6, 6.07) is 5.82. The number of alkyl halides is 1. The third-order valence-electron chi connectivity index (χ3n) is 4.63. The second-order valence-corrected chi connectivity index (χ2v) is 6.62. The van der Waals surface area contributed by atoms with Crippen LogP contribution in [0.5, 0.6) is 5.75 Å². The Labute approximate surface area is 118 Å². The molecular weight excluding hydrogens is 267 g/mol. The molecule has 0 saturated heterocycles. The van der Waals surface area contributed by atoms with Gasteiger partial charge in [-0.3, -0.25) is 0 Å². The van der Waals surface area contributed by atoms with Gasteiger partial charge in [0.05, 0.1) is 0 Å². The van der Waals surface area contributed by atoms with Crippen molar-refractivity contribution in [2.24, 2.45) is 5.41 Å². The van der Waals surface area contributed by atoms with Gasteiger partial charge >= 0.3 is 0 Å². The number of ether oxygens (including phenoxy) is 1. The van der Waals surface area contributed by atoms with E-state index in [-0.39, 0.29) is 5.41 Å². The zero-order valence-corrected chi connectivity index (χ0v) is 12.1. The Balaban J connectivity index is 1.77. The van der Waals surface area contributed by atoms with Gasteiger partial charge in [-0.2, -0.15) is 0 Å². The molecule has 1 aromatic carbocycles. The maximum atomic E-state index is 6.44. The molecule has 2 atom stereocenters. The average molecular weight is 285 g/mol. The maximum Gasteiger partial charge on any atom is 0.122 e. The number of hydrogen-bond donors (Lipinski definition) is 0. The smallest absolute Gasteiger partial charge is 0.122 e. The highest BCUT2D eigenvalue weighted by molar-refractivity contribution is 6.30. The molecule has 0 radical (unpaired) electrons. The van der Waals surface area contributed by atoms with Crippen molar-refractivity contribution < 1.29 is 4.74 Å². The predicted octanol–water partition coefficient (Wildman–Crippen LogP) is 4.97. The Morgan fingerprint density at radius 1 is 1.28 bits per heavy atom. The average Bonchev–Trinajstić information content (AvgIpc) is 2.83. The van der Waals surface area contributed by atoms with Gasteiger partial charge in [0.15, 0.2) is 0 Å². The van der Waals surface area contributed by atoms with E-state index < -0.39 is 0 Å². The van der Waals surface area contributed by atoms with Crippen LogP contribution in [0.25, 0.3) is 0 Å². The molecule has 0 amide bonds. The lowest BCUT2D eigenvalue weighted by Gasteiger charge is -2.51. The molecule has 18 heavy (non-hydrogen) atoms. The minimum Gasteiger partial charge on any atom is -0.489 e. The minimum absolute atomic E-state index is 0.244. The summed E-state index contributed by atoms with van der Waals surface area (Å²) in [5, 5.41) is 1.07. The number of aryl methyl sites for hydroxylation is 1. The highest BCUT2D eigenvalue weighted by Crippen LogP contribution is 2.57. The summed E-state index contributed by atoms with van der Waals surface area (Å²) < 4.78 is 6.20. The van der Waals surface area contributed by atoms with E-state index in [1.807, 2.05) is 25.1 Å². The molecule has 0 aliphatic heterocycles. The van der Waals surface area contributed by atoms with Gasteiger partial charge in [-0.25, -0.2) is 0 Å². The van der Waals surface area contributed by atoms with Crippen molar-refractivity contribution in [1.82, 2.24) is 0 Å². The summed E-state index contributed by atoms with van der Waals surface area (Å²) >= 11 is 12.4. The SMILES string of the molecule is Cc1cc(Cl)ccc1OC1CC(Cl)C12CCCC2. The maximum absolute atomic E-state index is 6.44. The molecule has 3 rings (SSSR count). The fourth-order valence-electron chi connectivity index (χ4n) is 3.43. The van der Waals surface area contributed by atoms with Crippen molar-refractivity contribution in [3.8, 4) is 5.75 Å². The second-order valence-electron chi connectivity index (χ2n) is 5.66. The van der Waals surface area contributed by atoms with Gasteiger partial charge in [0.25, 0.3) is 0 Å². The quantitative estimate of drug-likeness (QED) is 0.697. The lowest BCUT2D eigenvalue weighted by atomic mass is 9.64. The largest absolute Gasteiger partial charge is 0.489 e. The molecule has 0 heterocycles. The molecule has 1 aromatic rings. The van der Waals surface area contributed by atoms with Gasteiger partial charge in [-0.05, 0) is 43.5 Å². The summed E-state index contributed by atoms with van der Waals surface area (Å²) in [6.07, 6.45) is 6.30. The number of rotatable bonds is 2. The van der Waals surface area contributed by atoms with Gasteiger partial charge in [-0.1, -0.05) is 24.4 Å². The van der Waals surface area contributed by atoms with Crippen molar-refractivity contribution in [2.75, 3.05) is 0 Å². The summed E-state index contributed by atoms with van der Waals surface area (Å²) in [6.45, 7) is 2.04. The third kappa shape index (κ3) is 1.92. The fourth-order valence-corrected chi connectivity index (χ4v) is 4.18. The van der Waals surface area contributed by atoms with Crippen LogP contribution in [0.1, 0.15) is 37.7 Å². The van der Waals surface area contributed by atoms with E-state index in [4.69, 9.17) is 27.9 Å². The molecule has 2 aliphatic rings. The van der Waals surface area contributed by atoms with Crippen LogP contribution in [-0.2, 0) is 0 Å². The van der Waals surface area contributed by atoms with Crippen LogP contribution in [0.2, 0.25) is 5.02 Å². The van der Waals surface area contributed by atoms with Crippen LogP contribution in [0.3, 0.4) is 0 Å². The predicted molar refractivity (Wildman–Crippen MR) is 75.8 cm³/mol. The Morgan fingerprint density at radius 3 is 2.61 bits per heavy atom. The number of benzene rings is 1. The van der Waals surface area contributed by atoms with Crippen molar-refractivity contribution in [1.29, 1.82) is 0 Å². The van der Waals surface area contributed by atoms with Gasteiger partial charge in [0, 0.05) is 22.2 Å². The standard InChI is InChI=1S/C15H18Cl2O/c1-10-8-11(16)4-5-12(10)18-14-9-13(17)15(14)6-2-3-7-15/h4-5,8,13-14H,2-3,6-7,9H2,1H3. The van der Waals surface area contributed by atoms with E-state index in [1.165, 1.54) is 25.7 Å². The first-order chi connectivity index (χ1) is 8.62. The Bertz CT molecular complexity index is 452. The number of hydrogen-bond acceptors (Lipinski definition) is 1. The highest BCUT2D eigenvalue weighted by atomic mass is 35.5. The molecule has 98 valence electrons. The molecular formula is C15H18Cl2O. The Kier molecular flexibility index (Phi) is 3.23. The Hall–Kier alpha value is -0.400.